The molecule has 2 N–H and O–H groups in total. The maximum absolute atomic E-state index is 12.1. The zero-order chi connectivity index (χ0) is 16.1. The van der Waals surface area contributed by atoms with E-state index in [0.29, 0.717) is 5.69 Å². The molecule has 22 heavy (non-hydrogen) atoms. The van der Waals surface area contributed by atoms with Gasteiger partial charge in [0.1, 0.15) is 11.4 Å². The molecule has 1 aromatic carbocycles. The molecule has 2 rings (SSSR count). The van der Waals surface area contributed by atoms with Crippen LogP contribution >= 0.6 is 11.8 Å². The Morgan fingerprint density at radius 2 is 1.91 bits per heavy atom. The number of nitrogens with one attached hydrogen (secondary N) is 1. The molecular formula is C15H15N3O3S. The average molecular weight is 317 g/mol. The molecule has 7 heteroatoms. The van der Waals surface area contributed by atoms with Crippen molar-refractivity contribution in [3.63, 3.8) is 0 Å². The number of anilines is 1. The first-order valence-electron chi connectivity index (χ1n) is 6.55. The first-order chi connectivity index (χ1) is 10.5. The molecule has 0 radical (unpaired) electrons. The molecule has 0 aliphatic carbocycles. The molecule has 1 aromatic heterocycles. The van der Waals surface area contributed by atoms with Crippen LogP contribution in [0.3, 0.4) is 0 Å². The molecular weight excluding hydrogens is 302 g/mol. The van der Waals surface area contributed by atoms with E-state index in [1.807, 2.05) is 13.0 Å². The van der Waals surface area contributed by atoms with Crippen molar-refractivity contribution < 1.29 is 14.7 Å². The van der Waals surface area contributed by atoms with E-state index in [9.17, 15) is 9.59 Å². The SMILES string of the molecule is Cc1cc(S[C@H](C)C(=O)Nc2ccc(C(=O)O)cc2)ncn1. The summed E-state index contributed by atoms with van der Waals surface area (Å²) in [6.45, 7) is 3.64. The lowest BCUT2D eigenvalue weighted by atomic mass is 10.2. The summed E-state index contributed by atoms with van der Waals surface area (Å²) in [5.41, 5.74) is 1.58. The molecule has 6 nitrogen and oxygen atoms in total. The highest BCUT2D eigenvalue weighted by Crippen LogP contribution is 2.22. The minimum Gasteiger partial charge on any atom is -0.478 e. The Balaban J connectivity index is 1.97. The van der Waals surface area contributed by atoms with Crippen LogP contribution in [0.15, 0.2) is 41.7 Å². The van der Waals surface area contributed by atoms with Crippen molar-refractivity contribution in [2.24, 2.45) is 0 Å². The molecule has 0 aliphatic rings. The molecule has 0 fully saturated rings. The molecule has 114 valence electrons. The average Bonchev–Trinajstić information content (AvgIpc) is 2.47. The number of carboxylic acids is 1. The minimum atomic E-state index is -0.999. The van der Waals surface area contributed by atoms with Gasteiger partial charge in [0, 0.05) is 11.4 Å². The summed E-state index contributed by atoms with van der Waals surface area (Å²) in [5.74, 6) is -1.18. The number of benzene rings is 1. The van der Waals surface area contributed by atoms with Crippen LogP contribution in [0, 0.1) is 6.92 Å². The number of aromatic carboxylic acids is 1. The predicted octanol–water partition coefficient (Wildman–Crippen LogP) is 2.60. The maximum Gasteiger partial charge on any atom is 0.335 e. The van der Waals surface area contributed by atoms with Crippen molar-refractivity contribution in [1.82, 2.24) is 9.97 Å². The van der Waals surface area contributed by atoms with Gasteiger partial charge in [-0.3, -0.25) is 4.79 Å². The summed E-state index contributed by atoms with van der Waals surface area (Å²) in [6.07, 6.45) is 1.47. The van der Waals surface area contributed by atoms with E-state index in [1.165, 1.54) is 30.2 Å². The Hall–Kier alpha value is -2.41. The van der Waals surface area contributed by atoms with Gasteiger partial charge in [0.05, 0.1) is 10.8 Å². The number of hydrogen-bond acceptors (Lipinski definition) is 5. The third-order valence-corrected chi connectivity index (χ3v) is 3.88. The van der Waals surface area contributed by atoms with E-state index < -0.39 is 5.97 Å². The normalized spacial score (nSPS) is 11.7. The molecule has 0 unspecified atom stereocenters. The summed E-state index contributed by atoms with van der Waals surface area (Å²) >= 11 is 1.34. The number of carboxylic acid groups (broad SMARTS) is 1. The third-order valence-electron chi connectivity index (χ3n) is 2.84. The molecule has 0 saturated heterocycles. The second kappa shape index (κ2) is 7.04. The first-order valence-corrected chi connectivity index (χ1v) is 7.43. The minimum absolute atomic E-state index is 0.177. The van der Waals surface area contributed by atoms with Gasteiger partial charge in [-0.1, -0.05) is 11.8 Å². The van der Waals surface area contributed by atoms with Gasteiger partial charge >= 0.3 is 5.97 Å². The number of amides is 1. The fourth-order valence-electron chi connectivity index (χ4n) is 1.67. The van der Waals surface area contributed by atoms with Crippen molar-refractivity contribution in [2.45, 2.75) is 24.1 Å². The number of nitrogens with zero attached hydrogens (tertiary/aromatic N) is 2. The molecule has 0 bridgehead atoms. The molecule has 2 aromatic rings. The second-order valence-corrected chi connectivity index (χ2v) is 5.99. The third kappa shape index (κ3) is 4.29. The number of carbonyl (C=O) groups is 2. The number of hydrogen-bond donors (Lipinski definition) is 2. The van der Waals surface area contributed by atoms with Crippen LogP contribution < -0.4 is 5.32 Å². The fraction of sp³-hybridized carbons (Fsp3) is 0.200. The highest BCUT2D eigenvalue weighted by Gasteiger charge is 2.15. The zero-order valence-corrected chi connectivity index (χ0v) is 12.9. The van der Waals surface area contributed by atoms with Gasteiger partial charge in [-0.25, -0.2) is 14.8 Å². The van der Waals surface area contributed by atoms with E-state index in [0.717, 1.165) is 10.7 Å². The van der Waals surface area contributed by atoms with Crippen molar-refractivity contribution in [3.05, 3.63) is 47.9 Å². The van der Waals surface area contributed by atoms with Gasteiger partial charge in [-0.15, -0.1) is 0 Å². The Morgan fingerprint density at radius 3 is 2.50 bits per heavy atom. The predicted molar refractivity (Wildman–Crippen MR) is 84.1 cm³/mol. The second-order valence-electron chi connectivity index (χ2n) is 4.63. The number of thioether (sulfide) groups is 1. The van der Waals surface area contributed by atoms with Crippen LogP contribution in [0.2, 0.25) is 0 Å². The summed E-state index contributed by atoms with van der Waals surface area (Å²) in [5, 5.41) is 12.0. The van der Waals surface area contributed by atoms with Crippen molar-refractivity contribution in [2.75, 3.05) is 5.32 Å². The van der Waals surface area contributed by atoms with Gasteiger partial charge in [-0.2, -0.15) is 0 Å². The molecule has 0 spiro atoms. The summed E-state index contributed by atoms with van der Waals surface area (Å²) < 4.78 is 0. The summed E-state index contributed by atoms with van der Waals surface area (Å²) in [6, 6.07) is 7.84. The van der Waals surface area contributed by atoms with Crippen LogP contribution in [0.4, 0.5) is 5.69 Å². The Kier molecular flexibility index (Phi) is 5.11. The lowest BCUT2D eigenvalue weighted by Gasteiger charge is -2.11. The van der Waals surface area contributed by atoms with Gasteiger partial charge in [-0.05, 0) is 44.2 Å². The van der Waals surface area contributed by atoms with Crippen molar-refractivity contribution >= 4 is 29.3 Å². The van der Waals surface area contributed by atoms with Crippen LogP contribution in [-0.2, 0) is 4.79 Å². The highest BCUT2D eigenvalue weighted by atomic mass is 32.2. The largest absolute Gasteiger partial charge is 0.478 e. The van der Waals surface area contributed by atoms with E-state index in [1.54, 1.807) is 19.1 Å². The number of rotatable bonds is 5. The molecule has 1 amide bonds. The highest BCUT2D eigenvalue weighted by molar-refractivity contribution is 8.00. The number of aromatic nitrogens is 2. The van der Waals surface area contributed by atoms with E-state index in [4.69, 9.17) is 5.11 Å². The summed E-state index contributed by atoms with van der Waals surface area (Å²) in [7, 11) is 0. The van der Waals surface area contributed by atoms with E-state index >= 15 is 0 Å². The van der Waals surface area contributed by atoms with Gasteiger partial charge in [0.25, 0.3) is 0 Å². The van der Waals surface area contributed by atoms with Gasteiger partial charge in [0.15, 0.2) is 0 Å². The lowest BCUT2D eigenvalue weighted by Crippen LogP contribution is -2.22. The Morgan fingerprint density at radius 1 is 1.23 bits per heavy atom. The van der Waals surface area contributed by atoms with Crippen LogP contribution in [0.1, 0.15) is 23.0 Å². The summed E-state index contributed by atoms with van der Waals surface area (Å²) in [4.78, 5) is 31.0. The van der Waals surface area contributed by atoms with E-state index in [-0.39, 0.29) is 16.7 Å². The van der Waals surface area contributed by atoms with Crippen LogP contribution in [0.25, 0.3) is 0 Å². The van der Waals surface area contributed by atoms with Crippen molar-refractivity contribution in [1.29, 1.82) is 0 Å². The standard InChI is InChI=1S/C15H15N3O3S/c1-9-7-13(17-8-16-9)22-10(2)14(19)18-12-5-3-11(4-6-12)15(20)21/h3-8,10H,1-2H3,(H,18,19)(H,20,21)/t10-/m1/s1. The molecule has 1 heterocycles. The smallest absolute Gasteiger partial charge is 0.335 e. The molecule has 0 aliphatic heterocycles. The first kappa shape index (κ1) is 16.0. The fourth-order valence-corrected chi connectivity index (χ4v) is 2.54. The Bertz CT molecular complexity index is 689. The lowest BCUT2D eigenvalue weighted by molar-refractivity contribution is -0.115. The van der Waals surface area contributed by atoms with Crippen molar-refractivity contribution in [3.8, 4) is 0 Å². The maximum atomic E-state index is 12.1. The topological polar surface area (TPSA) is 92.2 Å². The number of carbonyl (C=O) groups excluding carboxylic acids is 1. The van der Waals surface area contributed by atoms with Gasteiger partial charge in [0.2, 0.25) is 5.91 Å². The van der Waals surface area contributed by atoms with Crippen LogP contribution in [0.5, 0.6) is 0 Å². The molecule has 0 saturated carbocycles. The monoisotopic (exact) mass is 317 g/mol. The quantitative estimate of drug-likeness (QED) is 0.650. The van der Waals surface area contributed by atoms with E-state index in [2.05, 4.69) is 15.3 Å². The zero-order valence-electron chi connectivity index (χ0n) is 12.1. The van der Waals surface area contributed by atoms with Crippen LogP contribution in [-0.4, -0.2) is 32.2 Å². The molecule has 1 atom stereocenters. The Labute approximate surface area is 132 Å². The number of aryl methyl sites for hydroxylation is 1. The van der Waals surface area contributed by atoms with Gasteiger partial charge < -0.3 is 10.4 Å².